The van der Waals surface area contributed by atoms with Crippen LogP contribution in [-0.4, -0.2) is 36.7 Å². The van der Waals surface area contributed by atoms with Gasteiger partial charge in [0.15, 0.2) is 4.34 Å². The first-order valence-corrected chi connectivity index (χ1v) is 7.53. The van der Waals surface area contributed by atoms with E-state index in [4.69, 9.17) is 9.47 Å². The predicted molar refractivity (Wildman–Crippen MR) is 78.7 cm³/mol. The minimum Gasteiger partial charge on any atom is -0.497 e. The van der Waals surface area contributed by atoms with Crippen molar-refractivity contribution in [3.05, 3.63) is 24.3 Å². The smallest absolute Gasteiger partial charge is 0.206 e. The molecular formula is C12H15N3O2S2. The number of hydrogen-bond donors (Lipinski definition) is 1. The van der Waals surface area contributed by atoms with Gasteiger partial charge in [-0.05, 0) is 24.3 Å². The molecule has 1 N–H and O–H groups in total. The molecule has 19 heavy (non-hydrogen) atoms. The Bertz CT molecular complexity index is 502. The third kappa shape index (κ3) is 4.29. The molecule has 0 bridgehead atoms. The van der Waals surface area contributed by atoms with Gasteiger partial charge in [0, 0.05) is 12.8 Å². The summed E-state index contributed by atoms with van der Waals surface area (Å²) >= 11 is 3.18. The topological polar surface area (TPSA) is 56.3 Å². The molecule has 1 aromatic heterocycles. The van der Waals surface area contributed by atoms with E-state index in [1.165, 1.54) is 0 Å². The number of hydrogen-bond acceptors (Lipinski definition) is 7. The molecule has 0 amide bonds. The molecule has 0 atom stereocenters. The van der Waals surface area contributed by atoms with Gasteiger partial charge in [0.2, 0.25) is 5.13 Å². The van der Waals surface area contributed by atoms with Gasteiger partial charge < -0.3 is 14.8 Å². The molecule has 102 valence electrons. The Kier molecular flexibility index (Phi) is 5.29. The average Bonchev–Trinajstić information content (AvgIpc) is 2.92. The summed E-state index contributed by atoms with van der Waals surface area (Å²) in [4.78, 5) is 0. The van der Waals surface area contributed by atoms with Gasteiger partial charge in [0.05, 0.1) is 13.7 Å². The second-order valence-corrected chi connectivity index (χ2v) is 5.82. The molecule has 2 aromatic rings. The molecule has 0 aliphatic heterocycles. The van der Waals surface area contributed by atoms with Crippen LogP contribution in [0.25, 0.3) is 0 Å². The van der Waals surface area contributed by atoms with Gasteiger partial charge in [-0.3, -0.25) is 0 Å². The van der Waals surface area contributed by atoms with Crippen LogP contribution in [-0.2, 0) is 0 Å². The summed E-state index contributed by atoms with van der Waals surface area (Å²) in [6.45, 7) is 0.630. The predicted octanol–water partition coefficient (Wildman–Crippen LogP) is 2.76. The van der Waals surface area contributed by atoms with Crippen molar-refractivity contribution in [2.24, 2.45) is 0 Å². The zero-order chi connectivity index (χ0) is 13.5. The van der Waals surface area contributed by atoms with E-state index >= 15 is 0 Å². The fourth-order valence-electron chi connectivity index (χ4n) is 1.33. The lowest BCUT2D eigenvalue weighted by molar-refractivity contribution is 0.342. The number of ether oxygens (including phenoxy) is 2. The van der Waals surface area contributed by atoms with E-state index < -0.39 is 0 Å². The number of nitrogens with zero attached hydrogens (tertiary/aromatic N) is 2. The third-order valence-corrected chi connectivity index (χ3v) is 4.30. The number of anilines is 1. The van der Waals surface area contributed by atoms with Crippen molar-refractivity contribution in [3.63, 3.8) is 0 Å². The summed E-state index contributed by atoms with van der Waals surface area (Å²) in [5, 5.41) is 11.8. The van der Waals surface area contributed by atoms with Crippen molar-refractivity contribution >= 4 is 28.2 Å². The summed E-state index contributed by atoms with van der Waals surface area (Å²) < 4.78 is 11.7. The van der Waals surface area contributed by atoms with Gasteiger partial charge in [-0.1, -0.05) is 23.1 Å². The largest absolute Gasteiger partial charge is 0.497 e. The second-order valence-electron chi connectivity index (χ2n) is 3.50. The molecular weight excluding hydrogens is 282 g/mol. The highest BCUT2D eigenvalue weighted by molar-refractivity contribution is 8.01. The van der Waals surface area contributed by atoms with E-state index in [1.54, 1.807) is 30.2 Å². The number of thioether (sulfide) groups is 1. The Morgan fingerprint density at radius 1 is 1.21 bits per heavy atom. The molecule has 7 heteroatoms. The van der Waals surface area contributed by atoms with E-state index in [2.05, 4.69) is 15.5 Å². The highest BCUT2D eigenvalue weighted by Gasteiger charge is 2.03. The van der Waals surface area contributed by atoms with Gasteiger partial charge in [-0.2, -0.15) is 0 Å². The summed E-state index contributed by atoms with van der Waals surface area (Å²) in [7, 11) is 3.48. The maximum Gasteiger partial charge on any atom is 0.206 e. The van der Waals surface area contributed by atoms with Gasteiger partial charge in [-0.15, -0.1) is 10.2 Å². The quantitative estimate of drug-likeness (QED) is 0.626. The number of nitrogens with one attached hydrogen (secondary N) is 1. The standard InChI is InChI=1S/C12H15N3O2S2/c1-13-11-14-15-12(19-11)18-8-7-17-10-5-3-9(16-2)4-6-10/h3-6H,7-8H2,1-2H3,(H,13,14). The SMILES string of the molecule is CNc1nnc(SCCOc2ccc(OC)cc2)s1. The van der Waals surface area contributed by atoms with Crippen LogP contribution >= 0.6 is 23.1 Å². The Labute approximate surface area is 120 Å². The van der Waals surface area contributed by atoms with Crippen molar-refractivity contribution in [1.82, 2.24) is 10.2 Å². The molecule has 0 spiro atoms. The molecule has 0 unspecified atom stereocenters. The van der Waals surface area contributed by atoms with Crippen molar-refractivity contribution in [1.29, 1.82) is 0 Å². The van der Waals surface area contributed by atoms with Crippen molar-refractivity contribution in [2.75, 3.05) is 31.8 Å². The molecule has 0 fully saturated rings. The fourth-order valence-corrected chi connectivity index (χ4v) is 2.92. The van der Waals surface area contributed by atoms with Crippen LogP contribution in [0, 0.1) is 0 Å². The number of aromatic nitrogens is 2. The first-order valence-electron chi connectivity index (χ1n) is 5.72. The van der Waals surface area contributed by atoms with Crippen LogP contribution in [0.2, 0.25) is 0 Å². The highest BCUT2D eigenvalue weighted by atomic mass is 32.2. The second kappa shape index (κ2) is 7.20. The number of benzene rings is 1. The fraction of sp³-hybridized carbons (Fsp3) is 0.333. The molecule has 0 saturated carbocycles. The van der Waals surface area contributed by atoms with Crippen LogP contribution in [0.5, 0.6) is 11.5 Å². The summed E-state index contributed by atoms with van der Waals surface area (Å²) in [6.07, 6.45) is 0. The van der Waals surface area contributed by atoms with E-state index in [0.717, 1.165) is 26.7 Å². The van der Waals surface area contributed by atoms with Crippen LogP contribution < -0.4 is 14.8 Å². The number of rotatable bonds is 7. The van der Waals surface area contributed by atoms with Crippen LogP contribution in [0.15, 0.2) is 28.6 Å². The molecule has 2 rings (SSSR count). The summed E-state index contributed by atoms with van der Waals surface area (Å²) in [5.74, 6) is 2.51. The van der Waals surface area contributed by atoms with Crippen LogP contribution in [0.3, 0.4) is 0 Å². The minimum absolute atomic E-state index is 0.630. The lowest BCUT2D eigenvalue weighted by Crippen LogP contribution is -1.99. The van der Waals surface area contributed by atoms with Crippen molar-refractivity contribution < 1.29 is 9.47 Å². The Balaban J connectivity index is 1.71. The lowest BCUT2D eigenvalue weighted by Gasteiger charge is -2.05. The van der Waals surface area contributed by atoms with Crippen LogP contribution in [0.1, 0.15) is 0 Å². The Hall–Kier alpha value is -1.47. The van der Waals surface area contributed by atoms with E-state index in [0.29, 0.717) is 6.61 Å². The maximum absolute atomic E-state index is 5.62. The van der Waals surface area contributed by atoms with E-state index in [9.17, 15) is 0 Å². The van der Waals surface area contributed by atoms with E-state index in [1.807, 2.05) is 31.3 Å². The zero-order valence-electron chi connectivity index (χ0n) is 10.8. The molecule has 0 aliphatic rings. The summed E-state index contributed by atoms with van der Waals surface area (Å²) in [6, 6.07) is 7.56. The highest BCUT2D eigenvalue weighted by Crippen LogP contribution is 2.25. The first kappa shape index (κ1) is 14.0. The molecule has 5 nitrogen and oxygen atoms in total. The minimum atomic E-state index is 0.630. The Morgan fingerprint density at radius 2 is 1.95 bits per heavy atom. The van der Waals surface area contributed by atoms with Crippen LogP contribution in [0.4, 0.5) is 5.13 Å². The molecule has 0 saturated heterocycles. The molecule has 0 radical (unpaired) electrons. The Morgan fingerprint density at radius 3 is 2.58 bits per heavy atom. The van der Waals surface area contributed by atoms with Gasteiger partial charge >= 0.3 is 0 Å². The third-order valence-electron chi connectivity index (χ3n) is 2.26. The molecule has 0 aliphatic carbocycles. The zero-order valence-corrected chi connectivity index (χ0v) is 12.4. The molecule has 1 aromatic carbocycles. The first-order chi connectivity index (χ1) is 9.31. The van der Waals surface area contributed by atoms with Crippen molar-refractivity contribution in [3.8, 4) is 11.5 Å². The van der Waals surface area contributed by atoms with Gasteiger partial charge in [-0.25, -0.2) is 0 Å². The monoisotopic (exact) mass is 297 g/mol. The normalized spacial score (nSPS) is 10.2. The van der Waals surface area contributed by atoms with Gasteiger partial charge in [0.1, 0.15) is 11.5 Å². The van der Waals surface area contributed by atoms with Crippen molar-refractivity contribution in [2.45, 2.75) is 4.34 Å². The lowest BCUT2D eigenvalue weighted by atomic mass is 10.3. The number of methoxy groups -OCH3 is 1. The van der Waals surface area contributed by atoms with E-state index in [-0.39, 0.29) is 0 Å². The van der Waals surface area contributed by atoms with Gasteiger partial charge in [0.25, 0.3) is 0 Å². The average molecular weight is 297 g/mol. The molecule has 1 heterocycles. The maximum atomic E-state index is 5.62. The summed E-state index contributed by atoms with van der Waals surface area (Å²) in [5.41, 5.74) is 0.